The minimum atomic E-state index is -0.643. The van der Waals surface area contributed by atoms with Crippen molar-refractivity contribution in [3.8, 4) is 5.75 Å². The van der Waals surface area contributed by atoms with E-state index < -0.39 is 6.10 Å². The van der Waals surface area contributed by atoms with E-state index in [1.807, 2.05) is 18.2 Å². The van der Waals surface area contributed by atoms with Gasteiger partial charge < -0.3 is 19.8 Å². The maximum atomic E-state index is 12.2. The van der Waals surface area contributed by atoms with Crippen LogP contribution in [-0.4, -0.2) is 17.9 Å². The van der Waals surface area contributed by atoms with Gasteiger partial charge in [-0.15, -0.1) is 0 Å². The van der Waals surface area contributed by atoms with Crippen molar-refractivity contribution in [2.24, 2.45) is 0 Å². The first-order valence-corrected chi connectivity index (χ1v) is 8.09. The fourth-order valence-electron chi connectivity index (χ4n) is 2.24. The average Bonchev–Trinajstić information content (AvgIpc) is 3.19. The second-order valence-electron chi connectivity index (χ2n) is 5.57. The van der Waals surface area contributed by atoms with Crippen LogP contribution in [0.5, 0.6) is 5.75 Å². The Balaban J connectivity index is 1.55. The maximum Gasteiger partial charge on any atom is 0.291 e. The molecular formula is C20H18N2O4. The summed E-state index contributed by atoms with van der Waals surface area (Å²) in [5.41, 5.74) is 1.20. The normalized spacial score (nSPS) is 11.4. The topological polar surface area (TPSA) is 80.6 Å². The van der Waals surface area contributed by atoms with Crippen LogP contribution in [0, 0.1) is 0 Å². The lowest BCUT2D eigenvalue weighted by Gasteiger charge is -2.15. The van der Waals surface area contributed by atoms with Crippen LogP contribution in [-0.2, 0) is 4.79 Å². The van der Waals surface area contributed by atoms with Crippen molar-refractivity contribution >= 4 is 23.2 Å². The summed E-state index contributed by atoms with van der Waals surface area (Å²) in [4.78, 5) is 24.1. The van der Waals surface area contributed by atoms with Crippen LogP contribution in [0.1, 0.15) is 17.5 Å². The molecule has 0 aliphatic heterocycles. The number of nitrogens with one attached hydrogen (secondary N) is 2. The van der Waals surface area contributed by atoms with E-state index in [0.29, 0.717) is 17.1 Å². The van der Waals surface area contributed by atoms with Crippen molar-refractivity contribution < 1.29 is 18.7 Å². The molecule has 0 fully saturated rings. The fraction of sp³-hybridized carbons (Fsp3) is 0.100. The predicted molar refractivity (Wildman–Crippen MR) is 98.3 cm³/mol. The number of rotatable bonds is 6. The lowest BCUT2D eigenvalue weighted by molar-refractivity contribution is -0.122. The van der Waals surface area contributed by atoms with E-state index in [9.17, 15) is 9.59 Å². The van der Waals surface area contributed by atoms with E-state index in [0.717, 1.165) is 0 Å². The smallest absolute Gasteiger partial charge is 0.291 e. The highest BCUT2D eigenvalue weighted by molar-refractivity contribution is 6.02. The highest BCUT2D eigenvalue weighted by Crippen LogP contribution is 2.16. The molecule has 0 unspecified atom stereocenters. The van der Waals surface area contributed by atoms with Gasteiger partial charge in [0.15, 0.2) is 11.9 Å². The third-order valence-corrected chi connectivity index (χ3v) is 3.58. The second-order valence-corrected chi connectivity index (χ2v) is 5.57. The van der Waals surface area contributed by atoms with Gasteiger partial charge in [0.25, 0.3) is 11.8 Å². The number of ether oxygens (including phenoxy) is 1. The summed E-state index contributed by atoms with van der Waals surface area (Å²) in [7, 11) is 0. The van der Waals surface area contributed by atoms with Gasteiger partial charge in [-0.05, 0) is 55.5 Å². The number of carbonyl (C=O) groups is 2. The zero-order chi connectivity index (χ0) is 18.4. The molecule has 1 atom stereocenters. The second kappa shape index (κ2) is 8.02. The quantitative estimate of drug-likeness (QED) is 0.706. The third-order valence-electron chi connectivity index (χ3n) is 3.58. The SMILES string of the molecule is C[C@H](Oc1ccccc1)C(=O)Nc1ccc(NC(=O)c2ccco2)cc1. The van der Waals surface area contributed by atoms with Gasteiger partial charge in [-0.3, -0.25) is 9.59 Å². The number of para-hydroxylation sites is 1. The van der Waals surface area contributed by atoms with Crippen LogP contribution >= 0.6 is 0 Å². The highest BCUT2D eigenvalue weighted by atomic mass is 16.5. The highest BCUT2D eigenvalue weighted by Gasteiger charge is 2.15. The molecule has 1 aromatic heterocycles. The number of furan rings is 1. The molecule has 2 amide bonds. The summed E-state index contributed by atoms with van der Waals surface area (Å²) in [5.74, 6) is 0.262. The van der Waals surface area contributed by atoms with Gasteiger partial charge >= 0.3 is 0 Å². The summed E-state index contributed by atoms with van der Waals surface area (Å²) < 4.78 is 10.6. The lowest BCUT2D eigenvalue weighted by Crippen LogP contribution is -2.30. The average molecular weight is 350 g/mol. The predicted octanol–water partition coefficient (Wildman–Crippen LogP) is 3.94. The van der Waals surface area contributed by atoms with Crippen molar-refractivity contribution in [2.45, 2.75) is 13.0 Å². The molecule has 0 aliphatic carbocycles. The van der Waals surface area contributed by atoms with Crippen LogP contribution in [0.25, 0.3) is 0 Å². The monoisotopic (exact) mass is 350 g/mol. The third kappa shape index (κ3) is 4.51. The van der Waals surface area contributed by atoms with Crippen molar-refractivity contribution in [1.82, 2.24) is 0 Å². The van der Waals surface area contributed by atoms with E-state index >= 15 is 0 Å². The Morgan fingerprint density at radius 2 is 1.54 bits per heavy atom. The maximum absolute atomic E-state index is 12.2. The molecule has 0 saturated carbocycles. The van der Waals surface area contributed by atoms with Crippen LogP contribution in [0.2, 0.25) is 0 Å². The van der Waals surface area contributed by atoms with Gasteiger partial charge in [0.05, 0.1) is 6.26 Å². The Bertz CT molecular complexity index is 859. The summed E-state index contributed by atoms with van der Waals surface area (Å²) in [6.07, 6.45) is 0.794. The number of hydrogen-bond donors (Lipinski definition) is 2. The minimum absolute atomic E-state index is 0.231. The molecule has 0 aliphatic rings. The van der Waals surface area contributed by atoms with Crippen molar-refractivity contribution in [3.63, 3.8) is 0 Å². The molecule has 3 rings (SSSR count). The van der Waals surface area contributed by atoms with E-state index in [4.69, 9.17) is 9.15 Å². The number of amides is 2. The zero-order valence-corrected chi connectivity index (χ0v) is 14.1. The number of anilines is 2. The lowest BCUT2D eigenvalue weighted by atomic mass is 10.2. The largest absolute Gasteiger partial charge is 0.481 e. The molecule has 0 bridgehead atoms. The van der Waals surface area contributed by atoms with Crippen molar-refractivity contribution in [3.05, 3.63) is 78.8 Å². The molecule has 2 N–H and O–H groups in total. The summed E-state index contributed by atoms with van der Waals surface area (Å²) in [5, 5.41) is 5.49. The Morgan fingerprint density at radius 1 is 0.885 bits per heavy atom. The van der Waals surface area contributed by atoms with Gasteiger partial charge in [0.2, 0.25) is 0 Å². The molecule has 0 saturated heterocycles. The standard InChI is InChI=1S/C20H18N2O4/c1-14(26-17-6-3-2-4-7-17)19(23)21-15-9-11-16(12-10-15)22-20(24)18-8-5-13-25-18/h2-14H,1H3,(H,21,23)(H,22,24)/t14-/m0/s1. The van der Waals surface area contributed by atoms with Crippen LogP contribution in [0.15, 0.2) is 77.4 Å². The van der Waals surface area contributed by atoms with E-state index in [2.05, 4.69) is 10.6 Å². The molecule has 2 aromatic carbocycles. The van der Waals surface area contributed by atoms with Gasteiger partial charge in [-0.1, -0.05) is 18.2 Å². The van der Waals surface area contributed by atoms with Gasteiger partial charge in [0, 0.05) is 11.4 Å². The molecular weight excluding hydrogens is 332 g/mol. The molecule has 0 spiro atoms. The minimum Gasteiger partial charge on any atom is -0.481 e. The Morgan fingerprint density at radius 3 is 2.15 bits per heavy atom. The summed E-state index contributed by atoms with van der Waals surface area (Å²) in [6, 6.07) is 19.2. The molecule has 26 heavy (non-hydrogen) atoms. The Kier molecular flexibility index (Phi) is 5.34. The summed E-state index contributed by atoms with van der Waals surface area (Å²) >= 11 is 0. The number of benzene rings is 2. The molecule has 6 nitrogen and oxygen atoms in total. The molecule has 132 valence electrons. The molecule has 1 heterocycles. The zero-order valence-electron chi connectivity index (χ0n) is 14.1. The van der Waals surface area contributed by atoms with E-state index in [1.165, 1.54) is 6.26 Å². The van der Waals surface area contributed by atoms with Crippen LogP contribution in [0.4, 0.5) is 11.4 Å². The van der Waals surface area contributed by atoms with Crippen molar-refractivity contribution in [1.29, 1.82) is 0 Å². The Hall–Kier alpha value is -3.54. The van der Waals surface area contributed by atoms with Gasteiger partial charge in [-0.2, -0.15) is 0 Å². The van der Waals surface area contributed by atoms with E-state index in [-0.39, 0.29) is 17.6 Å². The van der Waals surface area contributed by atoms with E-state index in [1.54, 1.807) is 55.5 Å². The van der Waals surface area contributed by atoms with Crippen LogP contribution in [0.3, 0.4) is 0 Å². The van der Waals surface area contributed by atoms with Crippen LogP contribution < -0.4 is 15.4 Å². The number of carbonyl (C=O) groups excluding carboxylic acids is 2. The fourth-order valence-corrected chi connectivity index (χ4v) is 2.24. The first kappa shape index (κ1) is 17.3. The Labute approximate surface area is 150 Å². The molecule has 6 heteroatoms. The molecule has 0 radical (unpaired) electrons. The molecule has 3 aromatic rings. The van der Waals surface area contributed by atoms with Gasteiger partial charge in [-0.25, -0.2) is 0 Å². The van der Waals surface area contributed by atoms with Gasteiger partial charge in [0.1, 0.15) is 5.75 Å². The first-order chi connectivity index (χ1) is 12.6. The number of hydrogen-bond acceptors (Lipinski definition) is 4. The van der Waals surface area contributed by atoms with Crippen molar-refractivity contribution in [2.75, 3.05) is 10.6 Å². The summed E-state index contributed by atoms with van der Waals surface area (Å²) in [6.45, 7) is 1.68. The first-order valence-electron chi connectivity index (χ1n) is 8.09.